The summed E-state index contributed by atoms with van der Waals surface area (Å²) >= 11 is 0. The second-order valence-electron chi connectivity index (χ2n) is 3.71. The molecule has 0 N–H and O–H groups in total. The van der Waals surface area contributed by atoms with Gasteiger partial charge < -0.3 is 9.53 Å². The lowest BCUT2D eigenvalue weighted by atomic mass is 9.77. The van der Waals surface area contributed by atoms with Gasteiger partial charge in [0, 0.05) is 0 Å². The molecule has 1 rings (SSSR count). The fraction of sp³-hybridized carbons (Fsp3) is 0.462. The minimum Gasteiger partial charge on any atom is -0.497 e. The average Bonchev–Trinajstić information content (AvgIpc) is 2.33. The van der Waals surface area contributed by atoms with Gasteiger partial charge in [-0.2, -0.15) is 0 Å². The molecule has 0 saturated carbocycles. The van der Waals surface area contributed by atoms with Gasteiger partial charge in [0.2, 0.25) is 0 Å². The quantitative estimate of drug-likeness (QED) is 0.692. The van der Waals surface area contributed by atoms with Crippen molar-refractivity contribution < 1.29 is 9.53 Å². The summed E-state index contributed by atoms with van der Waals surface area (Å²) in [6.07, 6.45) is 2.73. The third kappa shape index (κ3) is 2.20. The monoisotopic (exact) mass is 206 g/mol. The van der Waals surface area contributed by atoms with Crippen LogP contribution in [0.5, 0.6) is 5.75 Å². The molecule has 15 heavy (non-hydrogen) atoms. The van der Waals surface area contributed by atoms with E-state index < -0.39 is 0 Å². The van der Waals surface area contributed by atoms with E-state index in [1.54, 1.807) is 7.11 Å². The van der Waals surface area contributed by atoms with E-state index in [4.69, 9.17) is 4.74 Å². The standard InChI is InChI=1S/C13H18O2/c1-4-13(5-2,10-14)11-6-8-12(15-3)9-7-11/h6-10H,4-5H2,1-3H3. The Hall–Kier alpha value is -1.31. The summed E-state index contributed by atoms with van der Waals surface area (Å²) in [5.41, 5.74) is 0.745. The van der Waals surface area contributed by atoms with Crippen molar-refractivity contribution in [1.29, 1.82) is 0 Å². The van der Waals surface area contributed by atoms with Crippen LogP contribution < -0.4 is 4.74 Å². The van der Waals surface area contributed by atoms with E-state index in [0.717, 1.165) is 30.4 Å². The van der Waals surface area contributed by atoms with Crippen LogP contribution in [0.15, 0.2) is 24.3 Å². The molecule has 0 saturated heterocycles. The Balaban J connectivity index is 3.06. The fourth-order valence-corrected chi connectivity index (χ4v) is 1.82. The lowest BCUT2D eigenvalue weighted by molar-refractivity contribution is -0.112. The minimum absolute atomic E-state index is 0.327. The number of benzene rings is 1. The summed E-state index contributed by atoms with van der Waals surface area (Å²) < 4.78 is 5.09. The van der Waals surface area contributed by atoms with Crippen molar-refractivity contribution in [2.45, 2.75) is 32.1 Å². The average molecular weight is 206 g/mol. The first-order valence-electron chi connectivity index (χ1n) is 5.33. The number of rotatable bonds is 5. The first kappa shape index (κ1) is 11.8. The topological polar surface area (TPSA) is 26.3 Å². The lowest BCUT2D eigenvalue weighted by Crippen LogP contribution is -2.25. The highest BCUT2D eigenvalue weighted by atomic mass is 16.5. The predicted molar refractivity (Wildman–Crippen MR) is 61.3 cm³/mol. The molecule has 2 heteroatoms. The predicted octanol–water partition coefficient (Wildman–Crippen LogP) is 2.95. The molecule has 82 valence electrons. The van der Waals surface area contributed by atoms with Crippen molar-refractivity contribution in [3.8, 4) is 5.75 Å². The van der Waals surface area contributed by atoms with E-state index >= 15 is 0 Å². The maximum Gasteiger partial charge on any atom is 0.130 e. The molecule has 0 spiro atoms. The van der Waals surface area contributed by atoms with E-state index in [1.807, 2.05) is 38.1 Å². The largest absolute Gasteiger partial charge is 0.497 e. The van der Waals surface area contributed by atoms with Crippen molar-refractivity contribution in [3.05, 3.63) is 29.8 Å². The Kier molecular flexibility index (Phi) is 3.89. The molecule has 0 amide bonds. The van der Waals surface area contributed by atoms with Crippen LogP contribution in [0, 0.1) is 0 Å². The molecule has 0 atom stereocenters. The minimum atomic E-state index is -0.327. The van der Waals surface area contributed by atoms with Crippen LogP contribution >= 0.6 is 0 Å². The molecule has 0 aliphatic rings. The van der Waals surface area contributed by atoms with Crippen LogP contribution in [0.2, 0.25) is 0 Å². The number of hydrogen-bond acceptors (Lipinski definition) is 2. The zero-order valence-electron chi connectivity index (χ0n) is 9.62. The van der Waals surface area contributed by atoms with Gasteiger partial charge in [-0.15, -0.1) is 0 Å². The van der Waals surface area contributed by atoms with E-state index in [-0.39, 0.29) is 5.41 Å². The number of carbonyl (C=O) groups is 1. The summed E-state index contributed by atoms with van der Waals surface area (Å²) in [5, 5.41) is 0. The summed E-state index contributed by atoms with van der Waals surface area (Å²) in [5.74, 6) is 0.825. The summed E-state index contributed by atoms with van der Waals surface area (Å²) in [6, 6.07) is 7.75. The third-order valence-corrected chi connectivity index (χ3v) is 3.15. The second kappa shape index (κ2) is 4.96. The first-order chi connectivity index (χ1) is 7.22. The summed E-state index contributed by atoms with van der Waals surface area (Å²) in [7, 11) is 1.64. The van der Waals surface area contributed by atoms with Crippen molar-refractivity contribution in [2.75, 3.05) is 7.11 Å². The number of methoxy groups -OCH3 is 1. The summed E-state index contributed by atoms with van der Waals surface area (Å²) in [4.78, 5) is 11.2. The highest BCUT2D eigenvalue weighted by molar-refractivity contribution is 5.68. The van der Waals surface area contributed by atoms with Crippen molar-refractivity contribution in [3.63, 3.8) is 0 Å². The van der Waals surface area contributed by atoms with E-state index in [1.165, 1.54) is 0 Å². The number of carbonyl (C=O) groups excluding carboxylic acids is 1. The maximum atomic E-state index is 11.2. The van der Waals surface area contributed by atoms with Crippen molar-refractivity contribution in [2.24, 2.45) is 0 Å². The Morgan fingerprint density at radius 1 is 1.20 bits per heavy atom. The van der Waals surface area contributed by atoms with E-state index in [2.05, 4.69) is 0 Å². The van der Waals surface area contributed by atoms with Crippen LogP contribution in [0.3, 0.4) is 0 Å². The van der Waals surface area contributed by atoms with Crippen LogP contribution in [-0.4, -0.2) is 13.4 Å². The Morgan fingerprint density at radius 3 is 2.07 bits per heavy atom. The van der Waals surface area contributed by atoms with Gasteiger partial charge in [-0.1, -0.05) is 26.0 Å². The normalized spacial score (nSPS) is 11.1. The van der Waals surface area contributed by atoms with Crippen LogP contribution in [-0.2, 0) is 10.2 Å². The zero-order valence-corrected chi connectivity index (χ0v) is 9.62. The molecule has 2 nitrogen and oxygen atoms in total. The molecule has 0 aliphatic heterocycles. The highest BCUT2D eigenvalue weighted by Gasteiger charge is 2.27. The molecular formula is C13H18O2. The Bertz CT molecular complexity index is 310. The lowest BCUT2D eigenvalue weighted by Gasteiger charge is -2.25. The third-order valence-electron chi connectivity index (χ3n) is 3.15. The smallest absolute Gasteiger partial charge is 0.130 e. The summed E-state index contributed by atoms with van der Waals surface area (Å²) in [6.45, 7) is 4.09. The molecule has 0 heterocycles. The van der Waals surface area contributed by atoms with Gasteiger partial charge >= 0.3 is 0 Å². The number of hydrogen-bond donors (Lipinski definition) is 0. The van der Waals surface area contributed by atoms with Gasteiger partial charge in [-0.3, -0.25) is 0 Å². The van der Waals surface area contributed by atoms with Crippen LogP contribution in [0.1, 0.15) is 32.3 Å². The van der Waals surface area contributed by atoms with Crippen molar-refractivity contribution in [1.82, 2.24) is 0 Å². The van der Waals surface area contributed by atoms with Gasteiger partial charge in [0.05, 0.1) is 12.5 Å². The fourth-order valence-electron chi connectivity index (χ4n) is 1.82. The van der Waals surface area contributed by atoms with Crippen LogP contribution in [0.25, 0.3) is 0 Å². The Morgan fingerprint density at radius 2 is 1.73 bits per heavy atom. The van der Waals surface area contributed by atoms with Gasteiger partial charge in [-0.25, -0.2) is 0 Å². The molecule has 0 fully saturated rings. The molecule has 0 bridgehead atoms. The first-order valence-corrected chi connectivity index (χ1v) is 5.33. The van der Waals surface area contributed by atoms with Crippen molar-refractivity contribution >= 4 is 6.29 Å². The molecule has 0 aliphatic carbocycles. The molecule has 0 unspecified atom stereocenters. The molecule has 1 aromatic carbocycles. The molecular weight excluding hydrogens is 188 g/mol. The van der Waals surface area contributed by atoms with E-state index in [9.17, 15) is 4.79 Å². The Labute approximate surface area is 91.3 Å². The van der Waals surface area contributed by atoms with Crippen LogP contribution in [0.4, 0.5) is 0 Å². The van der Waals surface area contributed by atoms with Gasteiger partial charge in [-0.05, 0) is 30.5 Å². The number of aldehydes is 1. The zero-order chi connectivity index (χ0) is 11.3. The van der Waals surface area contributed by atoms with Gasteiger partial charge in [0.15, 0.2) is 0 Å². The molecule has 1 aromatic rings. The number of ether oxygens (including phenoxy) is 1. The highest BCUT2D eigenvalue weighted by Crippen LogP contribution is 2.30. The van der Waals surface area contributed by atoms with Gasteiger partial charge in [0.1, 0.15) is 12.0 Å². The van der Waals surface area contributed by atoms with E-state index in [0.29, 0.717) is 0 Å². The molecule has 0 radical (unpaired) electrons. The molecule has 0 aromatic heterocycles. The van der Waals surface area contributed by atoms with Gasteiger partial charge in [0.25, 0.3) is 0 Å². The SMILES string of the molecule is CCC(C=O)(CC)c1ccc(OC)cc1. The maximum absolute atomic E-state index is 11.2. The second-order valence-corrected chi connectivity index (χ2v) is 3.71.